The van der Waals surface area contributed by atoms with Crippen molar-refractivity contribution in [1.82, 2.24) is 9.88 Å². The van der Waals surface area contributed by atoms with Crippen LogP contribution in [0.15, 0.2) is 54.6 Å². The molecule has 38 heavy (non-hydrogen) atoms. The summed E-state index contributed by atoms with van der Waals surface area (Å²) in [5.74, 6) is 0.832. The van der Waals surface area contributed by atoms with Crippen LogP contribution in [0.1, 0.15) is 84.4 Å². The van der Waals surface area contributed by atoms with E-state index in [9.17, 15) is 4.79 Å². The van der Waals surface area contributed by atoms with Crippen LogP contribution in [0.25, 0.3) is 22.4 Å². The van der Waals surface area contributed by atoms with Crippen molar-refractivity contribution in [2.75, 3.05) is 6.54 Å². The van der Waals surface area contributed by atoms with Gasteiger partial charge in [0.1, 0.15) is 5.60 Å². The highest BCUT2D eigenvalue weighted by atomic mass is 35.5. The fraction of sp³-hybridized carbons (Fsp3) is 0.455. The largest absolute Gasteiger partial charge is 0.471 e. The summed E-state index contributed by atoms with van der Waals surface area (Å²) in [6.45, 7) is 15.3. The SMILES string of the molecule is CC.CCCC1(CC)CC(N2CC(C)(C)C2=O)c2cc(-c3ccc(C)cc3)c(-c3ccccc3Cl)nc2O1. The number of carbonyl (C=O) groups is 1. The second-order valence-electron chi connectivity index (χ2n) is 11.1. The summed E-state index contributed by atoms with van der Waals surface area (Å²) in [4.78, 5) is 20.4. The quantitative estimate of drug-likeness (QED) is 0.297. The molecule has 0 N–H and O–H groups in total. The Morgan fingerprint density at radius 2 is 1.74 bits per heavy atom. The Balaban J connectivity index is 0.00000164. The van der Waals surface area contributed by atoms with Crippen LogP contribution in [0.4, 0.5) is 0 Å². The lowest BCUT2D eigenvalue weighted by Crippen LogP contribution is -2.61. The lowest BCUT2D eigenvalue weighted by Gasteiger charge is -2.53. The van der Waals surface area contributed by atoms with Crippen molar-refractivity contribution >= 4 is 17.5 Å². The molecule has 2 atom stereocenters. The molecule has 0 spiro atoms. The Bertz CT molecular complexity index is 1300. The molecular formula is C33H41ClN2O2. The number of hydrogen-bond acceptors (Lipinski definition) is 3. The molecule has 5 rings (SSSR count). The number of hydrogen-bond donors (Lipinski definition) is 0. The van der Waals surface area contributed by atoms with Gasteiger partial charge in [0.15, 0.2) is 0 Å². The van der Waals surface area contributed by atoms with Gasteiger partial charge in [0.2, 0.25) is 11.8 Å². The average Bonchev–Trinajstić information content (AvgIpc) is 2.92. The van der Waals surface area contributed by atoms with Gasteiger partial charge in [0, 0.05) is 34.7 Å². The van der Waals surface area contributed by atoms with Crippen LogP contribution < -0.4 is 4.74 Å². The topological polar surface area (TPSA) is 42.4 Å². The minimum absolute atomic E-state index is 0.0576. The fourth-order valence-electron chi connectivity index (χ4n) is 5.75. The van der Waals surface area contributed by atoms with Gasteiger partial charge >= 0.3 is 0 Å². The minimum atomic E-state index is -0.345. The number of amides is 1. The molecule has 0 aliphatic carbocycles. The highest BCUT2D eigenvalue weighted by molar-refractivity contribution is 6.33. The molecule has 0 bridgehead atoms. The molecule has 0 saturated carbocycles. The Morgan fingerprint density at radius 3 is 2.32 bits per heavy atom. The third-order valence-corrected chi connectivity index (χ3v) is 8.21. The number of pyridine rings is 1. The standard InChI is InChI=1S/C31H35ClN2O2.C2H6/c1-6-16-31(7-2)18-26(34-19-30(4,5)29(34)35)24-17-23(21-14-12-20(3)13-15-21)27(33-28(24)36-31)22-10-8-9-11-25(22)32;1-2/h8-15,17,26H,6-7,16,18-19H2,1-5H3;1-2H3. The molecule has 0 radical (unpaired) electrons. The lowest BCUT2D eigenvalue weighted by atomic mass is 9.76. The Hall–Kier alpha value is -2.85. The van der Waals surface area contributed by atoms with Gasteiger partial charge < -0.3 is 9.64 Å². The average molecular weight is 533 g/mol. The van der Waals surface area contributed by atoms with E-state index in [1.54, 1.807) is 0 Å². The molecule has 2 aliphatic rings. The predicted molar refractivity (Wildman–Crippen MR) is 158 cm³/mol. The lowest BCUT2D eigenvalue weighted by molar-refractivity contribution is -0.164. The number of carbonyl (C=O) groups excluding carboxylic acids is 1. The first-order valence-corrected chi connectivity index (χ1v) is 14.4. The summed E-state index contributed by atoms with van der Waals surface area (Å²) in [6.07, 6.45) is 3.58. The van der Waals surface area contributed by atoms with Crippen LogP contribution in [-0.2, 0) is 4.79 Å². The number of rotatable bonds is 6. The molecular weight excluding hydrogens is 492 g/mol. The molecule has 1 fully saturated rings. The van der Waals surface area contributed by atoms with Crippen molar-refractivity contribution in [2.24, 2.45) is 5.41 Å². The van der Waals surface area contributed by atoms with Gasteiger partial charge in [-0.1, -0.05) is 93.7 Å². The zero-order valence-electron chi connectivity index (χ0n) is 23.9. The molecule has 202 valence electrons. The Labute approximate surface area is 233 Å². The van der Waals surface area contributed by atoms with Gasteiger partial charge in [-0.25, -0.2) is 4.98 Å². The molecule has 2 aliphatic heterocycles. The number of ether oxygens (including phenoxy) is 1. The van der Waals surface area contributed by atoms with Gasteiger partial charge in [0.05, 0.1) is 17.2 Å². The second kappa shape index (κ2) is 11.1. The number of benzene rings is 2. The van der Waals surface area contributed by atoms with E-state index < -0.39 is 0 Å². The Kier molecular flexibility index (Phi) is 8.23. The van der Waals surface area contributed by atoms with Crippen LogP contribution in [0.5, 0.6) is 5.88 Å². The molecule has 2 unspecified atom stereocenters. The van der Waals surface area contributed by atoms with Crippen molar-refractivity contribution in [3.8, 4) is 28.3 Å². The zero-order chi connectivity index (χ0) is 27.7. The highest BCUT2D eigenvalue weighted by Gasteiger charge is 2.52. The third-order valence-electron chi connectivity index (χ3n) is 7.88. The first-order chi connectivity index (χ1) is 18.2. The first-order valence-electron chi connectivity index (χ1n) is 14.0. The van der Waals surface area contributed by atoms with Crippen molar-refractivity contribution in [3.05, 3.63) is 70.7 Å². The van der Waals surface area contributed by atoms with E-state index in [2.05, 4.69) is 51.1 Å². The van der Waals surface area contributed by atoms with Crippen molar-refractivity contribution in [3.63, 3.8) is 0 Å². The number of nitrogens with zero attached hydrogens (tertiary/aromatic N) is 2. The summed E-state index contributed by atoms with van der Waals surface area (Å²) in [5.41, 5.74) is 5.28. The summed E-state index contributed by atoms with van der Waals surface area (Å²) >= 11 is 6.69. The van der Waals surface area contributed by atoms with Gasteiger partial charge in [0.25, 0.3) is 0 Å². The van der Waals surface area contributed by atoms with E-state index in [0.29, 0.717) is 10.9 Å². The first kappa shape index (κ1) is 28.2. The van der Waals surface area contributed by atoms with Crippen molar-refractivity contribution in [2.45, 2.75) is 85.8 Å². The molecule has 5 heteroatoms. The molecule has 3 heterocycles. The normalized spacial score (nSPS) is 21.5. The van der Waals surface area contributed by atoms with E-state index in [-0.39, 0.29) is 23.0 Å². The smallest absolute Gasteiger partial charge is 0.230 e. The molecule has 3 aromatic rings. The predicted octanol–water partition coefficient (Wildman–Crippen LogP) is 9.04. The van der Waals surface area contributed by atoms with Crippen molar-refractivity contribution < 1.29 is 9.53 Å². The number of fused-ring (bicyclic) bond motifs is 1. The van der Waals surface area contributed by atoms with Gasteiger partial charge in [-0.2, -0.15) is 0 Å². The maximum Gasteiger partial charge on any atom is 0.230 e. The van der Waals surface area contributed by atoms with E-state index >= 15 is 0 Å². The maximum absolute atomic E-state index is 13.2. The van der Waals surface area contributed by atoms with Crippen LogP contribution in [0, 0.1) is 12.3 Å². The summed E-state index contributed by atoms with van der Waals surface area (Å²) in [5, 5.41) is 0.653. The number of aromatic nitrogens is 1. The molecule has 1 saturated heterocycles. The van der Waals surface area contributed by atoms with E-state index in [1.165, 1.54) is 5.56 Å². The molecule has 4 nitrogen and oxygen atoms in total. The molecule has 1 aromatic heterocycles. The zero-order valence-corrected chi connectivity index (χ0v) is 24.7. The highest BCUT2D eigenvalue weighted by Crippen LogP contribution is 2.51. The monoisotopic (exact) mass is 532 g/mol. The van der Waals surface area contributed by atoms with Crippen LogP contribution >= 0.6 is 11.6 Å². The Morgan fingerprint density at radius 1 is 1.05 bits per heavy atom. The third kappa shape index (κ3) is 5.08. The van der Waals surface area contributed by atoms with E-state index in [1.807, 2.05) is 56.9 Å². The number of aryl methyl sites for hydroxylation is 1. The van der Waals surface area contributed by atoms with E-state index in [0.717, 1.165) is 60.2 Å². The number of β-lactam (4-membered cyclic amide) rings is 1. The maximum atomic E-state index is 13.2. The summed E-state index contributed by atoms with van der Waals surface area (Å²) in [6, 6.07) is 18.4. The van der Waals surface area contributed by atoms with Crippen LogP contribution in [-0.4, -0.2) is 27.9 Å². The van der Waals surface area contributed by atoms with Gasteiger partial charge in [-0.15, -0.1) is 0 Å². The minimum Gasteiger partial charge on any atom is -0.471 e. The summed E-state index contributed by atoms with van der Waals surface area (Å²) in [7, 11) is 0. The van der Waals surface area contributed by atoms with E-state index in [4.69, 9.17) is 21.3 Å². The fourth-order valence-corrected chi connectivity index (χ4v) is 5.97. The van der Waals surface area contributed by atoms with Gasteiger partial charge in [-0.05, 0) is 51.3 Å². The van der Waals surface area contributed by atoms with Gasteiger partial charge in [-0.3, -0.25) is 4.79 Å². The van der Waals surface area contributed by atoms with Crippen LogP contribution in [0.2, 0.25) is 5.02 Å². The van der Waals surface area contributed by atoms with Crippen LogP contribution in [0.3, 0.4) is 0 Å². The molecule has 1 amide bonds. The summed E-state index contributed by atoms with van der Waals surface area (Å²) < 4.78 is 6.77. The molecule has 2 aromatic carbocycles. The number of halogens is 1. The number of likely N-dealkylation sites (tertiary alicyclic amines) is 1. The van der Waals surface area contributed by atoms with Crippen molar-refractivity contribution in [1.29, 1.82) is 0 Å². The second-order valence-corrected chi connectivity index (χ2v) is 11.5.